The van der Waals surface area contributed by atoms with E-state index in [1.807, 2.05) is 12.1 Å². The molecular formula is C21H15NS. The number of thiazole rings is 1. The van der Waals surface area contributed by atoms with E-state index in [-0.39, 0.29) is 0 Å². The molecule has 0 aliphatic heterocycles. The van der Waals surface area contributed by atoms with Crippen molar-refractivity contribution in [1.29, 1.82) is 0 Å². The molecule has 3 aromatic carbocycles. The Kier molecular flexibility index (Phi) is 3.75. The van der Waals surface area contributed by atoms with Crippen molar-refractivity contribution in [3.8, 4) is 10.6 Å². The molecule has 110 valence electrons. The number of para-hydroxylation sites is 1. The predicted molar refractivity (Wildman–Crippen MR) is 100 cm³/mol. The third-order valence-corrected chi connectivity index (χ3v) is 4.80. The molecule has 0 radical (unpaired) electrons. The van der Waals surface area contributed by atoms with Gasteiger partial charge in [-0.05, 0) is 23.3 Å². The first-order chi connectivity index (χ1) is 11.4. The monoisotopic (exact) mass is 313 g/mol. The minimum absolute atomic E-state index is 1.07. The lowest BCUT2D eigenvalue weighted by molar-refractivity contribution is 1.47. The third-order valence-electron chi connectivity index (χ3n) is 3.72. The highest BCUT2D eigenvalue weighted by Crippen LogP contribution is 2.30. The fourth-order valence-electron chi connectivity index (χ4n) is 2.49. The second-order valence-corrected chi connectivity index (χ2v) is 6.38. The van der Waals surface area contributed by atoms with E-state index >= 15 is 0 Å². The third kappa shape index (κ3) is 3.08. The summed E-state index contributed by atoms with van der Waals surface area (Å²) in [4.78, 5) is 4.71. The maximum absolute atomic E-state index is 4.71. The van der Waals surface area contributed by atoms with Crippen molar-refractivity contribution in [2.75, 3.05) is 0 Å². The Morgan fingerprint density at radius 1 is 0.652 bits per heavy atom. The molecular weight excluding hydrogens is 298 g/mol. The molecule has 4 rings (SSSR count). The van der Waals surface area contributed by atoms with E-state index in [1.165, 1.54) is 21.4 Å². The summed E-state index contributed by atoms with van der Waals surface area (Å²) in [6.45, 7) is 0. The van der Waals surface area contributed by atoms with Gasteiger partial charge in [0, 0.05) is 5.56 Å². The average Bonchev–Trinajstić information content (AvgIpc) is 3.05. The van der Waals surface area contributed by atoms with Gasteiger partial charge in [-0.25, -0.2) is 4.98 Å². The van der Waals surface area contributed by atoms with Gasteiger partial charge in [-0.3, -0.25) is 0 Å². The summed E-state index contributed by atoms with van der Waals surface area (Å²) in [5.41, 5.74) is 4.64. The van der Waals surface area contributed by atoms with Crippen molar-refractivity contribution >= 4 is 33.7 Å². The molecule has 0 bridgehead atoms. The Hall–Kier alpha value is -2.71. The minimum atomic E-state index is 1.07. The van der Waals surface area contributed by atoms with Gasteiger partial charge in [0.15, 0.2) is 0 Å². The van der Waals surface area contributed by atoms with E-state index in [0.717, 1.165) is 10.5 Å². The number of aromatic nitrogens is 1. The van der Waals surface area contributed by atoms with Gasteiger partial charge in [-0.2, -0.15) is 0 Å². The average molecular weight is 313 g/mol. The van der Waals surface area contributed by atoms with Crippen LogP contribution in [-0.4, -0.2) is 4.98 Å². The topological polar surface area (TPSA) is 12.9 Å². The molecule has 1 nitrogen and oxygen atoms in total. The second-order valence-electron chi connectivity index (χ2n) is 5.35. The molecule has 0 aliphatic carbocycles. The minimum Gasteiger partial charge on any atom is -0.236 e. The standard InChI is InChI=1S/C21H15NS/c1-2-6-16(7-3-1)10-11-17-12-14-18(15-13-17)21-22-19-8-4-5-9-20(19)23-21/h1-15H. The van der Waals surface area contributed by atoms with Crippen LogP contribution < -0.4 is 0 Å². The smallest absolute Gasteiger partial charge is 0.124 e. The van der Waals surface area contributed by atoms with E-state index in [1.54, 1.807) is 11.3 Å². The van der Waals surface area contributed by atoms with Gasteiger partial charge in [0.1, 0.15) is 5.01 Å². The summed E-state index contributed by atoms with van der Waals surface area (Å²) >= 11 is 1.74. The lowest BCUT2D eigenvalue weighted by Gasteiger charge is -1.98. The normalized spacial score (nSPS) is 11.3. The van der Waals surface area contributed by atoms with Crippen molar-refractivity contribution in [2.24, 2.45) is 0 Å². The first-order valence-corrected chi connectivity index (χ1v) is 8.39. The van der Waals surface area contributed by atoms with Crippen LogP contribution in [0, 0.1) is 0 Å². The van der Waals surface area contributed by atoms with Crippen molar-refractivity contribution < 1.29 is 0 Å². The maximum atomic E-state index is 4.71. The number of hydrogen-bond acceptors (Lipinski definition) is 2. The van der Waals surface area contributed by atoms with Gasteiger partial charge >= 0.3 is 0 Å². The van der Waals surface area contributed by atoms with Crippen molar-refractivity contribution in [1.82, 2.24) is 4.98 Å². The largest absolute Gasteiger partial charge is 0.236 e. The number of fused-ring (bicyclic) bond motifs is 1. The summed E-state index contributed by atoms with van der Waals surface area (Å²) in [7, 11) is 0. The van der Waals surface area contributed by atoms with Crippen LogP contribution in [-0.2, 0) is 0 Å². The number of rotatable bonds is 3. The van der Waals surface area contributed by atoms with Crippen LogP contribution >= 0.6 is 11.3 Å². The quantitative estimate of drug-likeness (QED) is 0.414. The number of nitrogens with zero attached hydrogens (tertiary/aromatic N) is 1. The Labute approximate surface area is 139 Å². The van der Waals surface area contributed by atoms with Gasteiger partial charge in [0.25, 0.3) is 0 Å². The Morgan fingerprint density at radius 2 is 1.30 bits per heavy atom. The molecule has 0 saturated carbocycles. The molecule has 0 atom stereocenters. The SMILES string of the molecule is C(=Cc1ccc(-c2nc3ccccc3s2)cc1)c1ccccc1. The Balaban J connectivity index is 1.59. The molecule has 1 aromatic heterocycles. The molecule has 0 fully saturated rings. The fourth-order valence-corrected chi connectivity index (χ4v) is 3.46. The maximum Gasteiger partial charge on any atom is 0.124 e. The van der Waals surface area contributed by atoms with Crippen LogP contribution in [0.3, 0.4) is 0 Å². The van der Waals surface area contributed by atoms with Gasteiger partial charge in [-0.1, -0.05) is 78.9 Å². The zero-order valence-electron chi connectivity index (χ0n) is 12.5. The van der Waals surface area contributed by atoms with E-state index in [2.05, 4.69) is 78.9 Å². The van der Waals surface area contributed by atoms with Crippen molar-refractivity contribution in [3.63, 3.8) is 0 Å². The highest BCUT2D eigenvalue weighted by Gasteiger charge is 2.05. The zero-order chi connectivity index (χ0) is 15.5. The Morgan fingerprint density at radius 3 is 2.04 bits per heavy atom. The van der Waals surface area contributed by atoms with Crippen LogP contribution in [0.1, 0.15) is 11.1 Å². The first kappa shape index (κ1) is 13.9. The Bertz CT molecular complexity index is 917. The molecule has 0 N–H and O–H groups in total. The molecule has 4 aromatic rings. The van der Waals surface area contributed by atoms with Gasteiger partial charge in [-0.15, -0.1) is 11.3 Å². The first-order valence-electron chi connectivity index (χ1n) is 7.58. The molecule has 0 spiro atoms. The van der Waals surface area contributed by atoms with Crippen LogP contribution in [0.5, 0.6) is 0 Å². The summed E-state index contributed by atoms with van der Waals surface area (Å²) in [5.74, 6) is 0. The van der Waals surface area contributed by atoms with Crippen molar-refractivity contribution in [3.05, 3.63) is 90.0 Å². The molecule has 2 heteroatoms. The molecule has 0 saturated heterocycles. The lowest BCUT2D eigenvalue weighted by atomic mass is 10.1. The number of hydrogen-bond donors (Lipinski definition) is 0. The van der Waals surface area contributed by atoms with Crippen LogP contribution in [0.2, 0.25) is 0 Å². The fraction of sp³-hybridized carbons (Fsp3) is 0. The van der Waals surface area contributed by atoms with Crippen molar-refractivity contribution in [2.45, 2.75) is 0 Å². The highest BCUT2D eigenvalue weighted by molar-refractivity contribution is 7.21. The summed E-state index contributed by atoms with van der Waals surface area (Å²) < 4.78 is 1.23. The molecule has 23 heavy (non-hydrogen) atoms. The summed E-state index contributed by atoms with van der Waals surface area (Å²) in [6.07, 6.45) is 4.27. The molecule has 0 amide bonds. The van der Waals surface area contributed by atoms with Gasteiger partial charge in [0.05, 0.1) is 10.2 Å². The molecule has 0 aliphatic rings. The van der Waals surface area contributed by atoms with Crippen LogP contribution in [0.15, 0.2) is 78.9 Å². The number of benzene rings is 3. The van der Waals surface area contributed by atoms with E-state index in [0.29, 0.717) is 0 Å². The predicted octanol–water partition coefficient (Wildman–Crippen LogP) is 6.13. The van der Waals surface area contributed by atoms with E-state index < -0.39 is 0 Å². The molecule has 1 heterocycles. The summed E-state index contributed by atoms with van der Waals surface area (Å²) in [6, 6.07) is 27.2. The van der Waals surface area contributed by atoms with Crippen LogP contribution in [0.25, 0.3) is 32.9 Å². The highest BCUT2D eigenvalue weighted by atomic mass is 32.1. The summed E-state index contributed by atoms with van der Waals surface area (Å²) in [5, 5.41) is 1.07. The van der Waals surface area contributed by atoms with E-state index in [9.17, 15) is 0 Å². The second kappa shape index (κ2) is 6.19. The van der Waals surface area contributed by atoms with Crippen LogP contribution in [0.4, 0.5) is 0 Å². The molecule has 0 unspecified atom stereocenters. The van der Waals surface area contributed by atoms with Gasteiger partial charge in [0.2, 0.25) is 0 Å². The van der Waals surface area contributed by atoms with Gasteiger partial charge < -0.3 is 0 Å². The zero-order valence-corrected chi connectivity index (χ0v) is 13.3. The lowest BCUT2D eigenvalue weighted by Crippen LogP contribution is -1.77. The van der Waals surface area contributed by atoms with E-state index in [4.69, 9.17) is 4.98 Å².